The highest BCUT2D eigenvalue weighted by molar-refractivity contribution is 5.77. The number of anilines is 1. The molecular formula is C10H10F2N2O. The van der Waals surface area contributed by atoms with Gasteiger partial charge in [-0.15, -0.1) is 0 Å². The van der Waals surface area contributed by atoms with Gasteiger partial charge in [0.05, 0.1) is 0 Å². The number of amides is 1. The van der Waals surface area contributed by atoms with Crippen molar-refractivity contribution in [2.24, 2.45) is 5.73 Å². The molecule has 0 aliphatic carbocycles. The van der Waals surface area contributed by atoms with E-state index in [-0.39, 0.29) is 12.1 Å². The van der Waals surface area contributed by atoms with Gasteiger partial charge in [-0.1, -0.05) is 12.2 Å². The molecule has 0 saturated heterocycles. The molecule has 3 nitrogen and oxygen atoms in total. The summed E-state index contributed by atoms with van der Waals surface area (Å²) in [5.74, 6) is -2.49. The molecule has 0 radical (unpaired) electrons. The summed E-state index contributed by atoms with van der Waals surface area (Å²) in [5, 5.41) is 0. The van der Waals surface area contributed by atoms with Gasteiger partial charge in [-0.3, -0.25) is 4.79 Å². The molecule has 5 heteroatoms. The summed E-state index contributed by atoms with van der Waals surface area (Å²) in [6.45, 7) is 0. The number of nitrogens with two attached hydrogens (primary N) is 2. The lowest BCUT2D eigenvalue weighted by Crippen LogP contribution is -2.07. The van der Waals surface area contributed by atoms with Gasteiger partial charge in [0.25, 0.3) is 0 Å². The Labute approximate surface area is 85.4 Å². The Morgan fingerprint density at radius 1 is 1.33 bits per heavy atom. The molecule has 0 bridgehead atoms. The molecule has 80 valence electrons. The molecule has 0 spiro atoms. The number of halogens is 2. The first-order chi connectivity index (χ1) is 7.00. The van der Waals surface area contributed by atoms with E-state index < -0.39 is 17.5 Å². The topological polar surface area (TPSA) is 69.1 Å². The first kappa shape index (κ1) is 11.2. The second-order valence-corrected chi connectivity index (χ2v) is 2.97. The Morgan fingerprint density at radius 2 is 1.93 bits per heavy atom. The van der Waals surface area contributed by atoms with E-state index in [0.717, 1.165) is 12.1 Å². The summed E-state index contributed by atoms with van der Waals surface area (Å²) in [6, 6.07) is 1.85. The maximum absolute atomic E-state index is 12.8. The molecule has 0 saturated carbocycles. The van der Waals surface area contributed by atoms with Crippen LogP contribution < -0.4 is 11.5 Å². The predicted molar refractivity (Wildman–Crippen MR) is 53.6 cm³/mol. The van der Waals surface area contributed by atoms with Crippen molar-refractivity contribution >= 4 is 17.7 Å². The lowest BCUT2D eigenvalue weighted by atomic mass is 10.1. The Hall–Kier alpha value is -1.91. The van der Waals surface area contributed by atoms with Crippen LogP contribution in [0.4, 0.5) is 14.5 Å². The number of carbonyl (C=O) groups is 1. The maximum atomic E-state index is 12.8. The van der Waals surface area contributed by atoms with Gasteiger partial charge in [-0.25, -0.2) is 8.78 Å². The van der Waals surface area contributed by atoms with Crippen LogP contribution in [0.25, 0.3) is 6.08 Å². The summed E-state index contributed by atoms with van der Waals surface area (Å²) in [7, 11) is 0. The Balaban J connectivity index is 2.90. The van der Waals surface area contributed by atoms with Crippen molar-refractivity contribution in [2.45, 2.75) is 6.42 Å². The number of hydrogen-bond donors (Lipinski definition) is 2. The van der Waals surface area contributed by atoms with Gasteiger partial charge < -0.3 is 11.5 Å². The molecule has 15 heavy (non-hydrogen) atoms. The van der Waals surface area contributed by atoms with Crippen molar-refractivity contribution in [3.05, 3.63) is 35.4 Å². The summed E-state index contributed by atoms with van der Waals surface area (Å²) in [4.78, 5) is 10.4. The number of rotatable bonds is 3. The Bertz CT molecular complexity index is 416. The molecule has 0 atom stereocenters. The van der Waals surface area contributed by atoms with E-state index in [1.165, 1.54) is 12.2 Å². The van der Waals surface area contributed by atoms with Gasteiger partial charge in [-0.2, -0.15) is 0 Å². The number of primary amides is 1. The molecule has 4 N–H and O–H groups in total. The Morgan fingerprint density at radius 3 is 2.53 bits per heavy atom. The third-order valence-electron chi connectivity index (χ3n) is 1.74. The number of carbonyl (C=O) groups excluding carboxylic acids is 1. The monoisotopic (exact) mass is 212 g/mol. The molecule has 0 aliphatic heterocycles. The summed E-state index contributed by atoms with van der Waals surface area (Å²) < 4.78 is 25.4. The molecule has 1 aromatic carbocycles. The van der Waals surface area contributed by atoms with Crippen molar-refractivity contribution in [3.63, 3.8) is 0 Å². The third kappa shape index (κ3) is 3.05. The molecule has 0 unspecified atom stereocenters. The van der Waals surface area contributed by atoms with E-state index >= 15 is 0 Å². The molecule has 1 aromatic rings. The lowest BCUT2D eigenvalue weighted by Gasteiger charge is -2.01. The number of nitrogen functional groups attached to an aromatic ring is 1. The van der Waals surface area contributed by atoms with E-state index in [1.807, 2.05) is 0 Å². The van der Waals surface area contributed by atoms with Crippen LogP contribution in [0.15, 0.2) is 18.2 Å². The molecule has 0 heterocycles. The molecule has 0 aromatic heterocycles. The highest BCUT2D eigenvalue weighted by atomic mass is 19.2. The second-order valence-electron chi connectivity index (χ2n) is 2.97. The average Bonchev–Trinajstić information content (AvgIpc) is 2.13. The minimum Gasteiger partial charge on any atom is -0.398 e. The van der Waals surface area contributed by atoms with Crippen LogP contribution in [0, 0.1) is 11.6 Å². The van der Waals surface area contributed by atoms with Gasteiger partial charge in [-0.05, 0) is 6.07 Å². The van der Waals surface area contributed by atoms with Crippen molar-refractivity contribution in [2.75, 3.05) is 5.73 Å². The smallest absolute Gasteiger partial charge is 0.221 e. The fourth-order valence-electron chi connectivity index (χ4n) is 1.02. The quantitative estimate of drug-likeness (QED) is 0.744. The van der Waals surface area contributed by atoms with Gasteiger partial charge >= 0.3 is 0 Å². The van der Waals surface area contributed by atoms with Crippen LogP contribution in [0.5, 0.6) is 0 Å². The lowest BCUT2D eigenvalue weighted by molar-refractivity contribution is -0.117. The van der Waals surface area contributed by atoms with E-state index in [4.69, 9.17) is 11.5 Å². The predicted octanol–water partition coefficient (Wildman–Crippen LogP) is 1.44. The largest absolute Gasteiger partial charge is 0.398 e. The fraction of sp³-hybridized carbons (Fsp3) is 0.100. The van der Waals surface area contributed by atoms with E-state index in [9.17, 15) is 13.6 Å². The van der Waals surface area contributed by atoms with Gasteiger partial charge in [0.1, 0.15) is 0 Å². The van der Waals surface area contributed by atoms with E-state index in [1.54, 1.807) is 0 Å². The maximum Gasteiger partial charge on any atom is 0.221 e. The van der Waals surface area contributed by atoms with Crippen molar-refractivity contribution in [1.82, 2.24) is 0 Å². The standard InChI is InChI=1S/C10H10F2N2O/c11-7-4-6(2-1-3-10(14)15)9(13)5-8(7)12/h1-2,4-5H,3,13H2,(H2,14,15). The van der Waals surface area contributed by atoms with Crippen LogP contribution in [-0.4, -0.2) is 5.91 Å². The minimum absolute atomic E-state index is 0.0262. The molecular weight excluding hydrogens is 202 g/mol. The molecule has 1 rings (SSSR count). The summed E-state index contributed by atoms with van der Waals surface area (Å²) >= 11 is 0. The van der Waals surface area contributed by atoms with Crippen LogP contribution in [-0.2, 0) is 4.79 Å². The average molecular weight is 212 g/mol. The highest BCUT2D eigenvalue weighted by Crippen LogP contribution is 2.18. The Kier molecular flexibility index (Phi) is 3.38. The van der Waals surface area contributed by atoms with Crippen molar-refractivity contribution in [1.29, 1.82) is 0 Å². The molecule has 0 aliphatic rings. The zero-order valence-electron chi connectivity index (χ0n) is 7.84. The number of hydrogen-bond acceptors (Lipinski definition) is 2. The molecule has 1 amide bonds. The van der Waals surface area contributed by atoms with Crippen LogP contribution in [0.2, 0.25) is 0 Å². The van der Waals surface area contributed by atoms with Crippen LogP contribution in [0.1, 0.15) is 12.0 Å². The SMILES string of the molecule is NC(=O)CC=Cc1cc(F)c(F)cc1N. The second kappa shape index (κ2) is 4.54. The van der Waals surface area contributed by atoms with Gasteiger partial charge in [0, 0.05) is 23.7 Å². The first-order valence-electron chi connectivity index (χ1n) is 4.20. The fourth-order valence-corrected chi connectivity index (χ4v) is 1.02. The van der Waals surface area contributed by atoms with Crippen molar-refractivity contribution in [3.8, 4) is 0 Å². The van der Waals surface area contributed by atoms with E-state index in [2.05, 4.69) is 0 Å². The summed E-state index contributed by atoms with van der Waals surface area (Å²) in [6.07, 6.45) is 2.88. The zero-order chi connectivity index (χ0) is 11.4. The van der Waals surface area contributed by atoms with Crippen molar-refractivity contribution < 1.29 is 13.6 Å². The summed E-state index contributed by atoms with van der Waals surface area (Å²) in [5.41, 5.74) is 10.7. The zero-order valence-corrected chi connectivity index (χ0v) is 7.84. The third-order valence-corrected chi connectivity index (χ3v) is 1.74. The molecule has 0 fully saturated rings. The normalized spacial score (nSPS) is 10.8. The van der Waals surface area contributed by atoms with Crippen LogP contribution in [0.3, 0.4) is 0 Å². The van der Waals surface area contributed by atoms with Gasteiger partial charge in [0.2, 0.25) is 5.91 Å². The van der Waals surface area contributed by atoms with Gasteiger partial charge in [0.15, 0.2) is 11.6 Å². The van der Waals surface area contributed by atoms with Crippen LogP contribution >= 0.6 is 0 Å². The first-order valence-corrected chi connectivity index (χ1v) is 4.20. The van der Waals surface area contributed by atoms with E-state index in [0.29, 0.717) is 5.56 Å². The minimum atomic E-state index is -1.00. The highest BCUT2D eigenvalue weighted by Gasteiger charge is 2.04. The number of benzene rings is 1.